The molecule has 3 aliphatic heterocycles. The number of nitrogens with one attached hydrogen (secondary N) is 5. The maximum absolute atomic E-state index is 15.5. The van der Waals surface area contributed by atoms with Crippen molar-refractivity contribution in [3.8, 4) is 11.4 Å². The first-order valence-electron chi connectivity index (χ1n) is 26.8. The van der Waals surface area contributed by atoms with Crippen LogP contribution in [0.3, 0.4) is 0 Å². The summed E-state index contributed by atoms with van der Waals surface area (Å²) in [7, 11) is 1.91. The second kappa shape index (κ2) is 25.7. The highest BCUT2D eigenvalue weighted by Crippen LogP contribution is 2.47. The summed E-state index contributed by atoms with van der Waals surface area (Å²) in [6.45, 7) is 1.48. The largest absolute Gasteiger partial charge is 0.458 e. The topological polar surface area (TPSA) is 373 Å². The Balaban J connectivity index is 0.810. The zero-order valence-electron chi connectivity index (χ0n) is 45.0. The molecule has 436 valence electrons. The number of aryl methyl sites for hydroxylation is 1. The third kappa shape index (κ3) is 12.9. The van der Waals surface area contributed by atoms with Crippen LogP contribution >= 0.6 is 0 Å². The van der Waals surface area contributed by atoms with Gasteiger partial charge >= 0.3 is 5.97 Å². The predicted molar refractivity (Wildman–Crippen MR) is 283 cm³/mol. The van der Waals surface area contributed by atoms with Gasteiger partial charge in [-0.3, -0.25) is 38.5 Å². The van der Waals surface area contributed by atoms with Crippen molar-refractivity contribution in [3.05, 3.63) is 97.6 Å². The number of aliphatic hydroxyl groups is 5. The zero-order chi connectivity index (χ0) is 58.4. The molecular weight excluding hydrogens is 1060 g/mol. The van der Waals surface area contributed by atoms with Gasteiger partial charge in [0.05, 0.1) is 55.3 Å². The first kappa shape index (κ1) is 59.8. The highest BCUT2D eigenvalue weighted by Gasteiger charge is 2.47. The molecule has 5 heterocycles. The minimum absolute atomic E-state index is 0.0118. The summed E-state index contributed by atoms with van der Waals surface area (Å²) >= 11 is 0. The molecule has 0 radical (unpaired) electrons. The lowest BCUT2D eigenvalue weighted by Crippen LogP contribution is -2.60. The molecule has 12 N–H and O–H groups in total. The number of esters is 1. The Morgan fingerprint density at radius 1 is 0.938 bits per heavy atom. The third-order valence-electron chi connectivity index (χ3n) is 15.7. The number of nitrogens with zero attached hydrogens (tertiary/aromatic N) is 3. The molecule has 1 aliphatic carbocycles. The van der Waals surface area contributed by atoms with Gasteiger partial charge in [0, 0.05) is 66.9 Å². The van der Waals surface area contributed by atoms with Crippen LogP contribution in [0.25, 0.3) is 22.3 Å². The van der Waals surface area contributed by atoms with E-state index in [1.165, 1.54) is 6.07 Å². The highest BCUT2D eigenvalue weighted by atomic mass is 19.1. The van der Waals surface area contributed by atoms with Gasteiger partial charge in [0.25, 0.3) is 5.56 Å². The van der Waals surface area contributed by atoms with Crippen LogP contribution in [0.4, 0.5) is 4.39 Å². The minimum Gasteiger partial charge on any atom is -0.458 e. The Morgan fingerprint density at radius 3 is 2.38 bits per heavy atom. The molecule has 1 fully saturated rings. The fourth-order valence-corrected chi connectivity index (χ4v) is 11.0. The molecule has 0 bridgehead atoms. The number of aromatic nitrogens is 2. The third-order valence-corrected chi connectivity index (χ3v) is 15.7. The fraction of sp³-hybridized carbons (Fsp3) is 0.509. The molecule has 6 amide bonds. The number of hydrogen-bond donors (Lipinski definition) is 11. The number of fused-ring (bicyclic) bond motifs is 5. The fourth-order valence-electron chi connectivity index (χ4n) is 11.0. The molecule has 2 aromatic carbocycles. The molecule has 0 saturated carbocycles. The summed E-state index contributed by atoms with van der Waals surface area (Å²) in [4.78, 5) is 111. The maximum atomic E-state index is 15.5. The van der Waals surface area contributed by atoms with E-state index in [0.29, 0.717) is 47.4 Å². The Kier molecular flexibility index (Phi) is 18.9. The summed E-state index contributed by atoms with van der Waals surface area (Å²) in [5.74, 6) is -6.74. The van der Waals surface area contributed by atoms with Crippen molar-refractivity contribution >= 4 is 52.3 Å². The Bertz CT molecular complexity index is 3140. The van der Waals surface area contributed by atoms with Crippen molar-refractivity contribution < 1.29 is 77.7 Å². The van der Waals surface area contributed by atoms with Gasteiger partial charge in [0.2, 0.25) is 35.4 Å². The molecule has 81 heavy (non-hydrogen) atoms. The summed E-state index contributed by atoms with van der Waals surface area (Å²) in [5.41, 5.74) is 8.38. The predicted octanol–water partition coefficient (Wildman–Crippen LogP) is -2.27. The van der Waals surface area contributed by atoms with Crippen molar-refractivity contribution in [2.24, 2.45) is 11.7 Å². The van der Waals surface area contributed by atoms with Crippen molar-refractivity contribution in [2.45, 2.75) is 120 Å². The van der Waals surface area contributed by atoms with Crippen molar-refractivity contribution in [1.29, 1.82) is 0 Å². The quantitative estimate of drug-likeness (QED) is 0.0176. The smallest absolute Gasteiger partial charge is 0.343 e. The maximum Gasteiger partial charge on any atom is 0.343 e. The molecule has 2 aromatic heterocycles. The van der Waals surface area contributed by atoms with Crippen LogP contribution in [0, 0.1) is 18.7 Å². The zero-order valence-corrected chi connectivity index (χ0v) is 45.0. The average Bonchev–Trinajstić information content (AvgIpc) is 3.87. The lowest BCUT2D eigenvalue weighted by Gasteiger charge is -2.40. The summed E-state index contributed by atoms with van der Waals surface area (Å²) in [6, 6.07) is 10.3. The van der Waals surface area contributed by atoms with Gasteiger partial charge in [0.1, 0.15) is 55.7 Å². The van der Waals surface area contributed by atoms with E-state index in [0.717, 1.165) is 22.1 Å². The molecule has 4 aromatic rings. The Morgan fingerprint density at radius 2 is 1.67 bits per heavy atom. The van der Waals surface area contributed by atoms with Crippen LogP contribution in [0.1, 0.15) is 84.0 Å². The minimum atomic E-state index is -2.02. The van der Waals surface area contributed by atoms with Gasteiger partial charge in [-0.05, 0) is 68.0 Å². The van der Waals surface area contributed by atoms with Gasteiger partial charge in [-0.15, -0.1) is 0 Å². The van der Waals surface area contributed by atoms with Crippen LogP contribution in [-0.2, 0) is 79.4 Å². The number of primary amides is 1. The number of amides is 6. The van der Waals surface area contributed by atoms with Crippen molar-refractivity contribution in [2.75, 3.05) is 53.2 Å². The van der Waals surface area contributed by atoms with E-state index >= 15 is 4.39 Å². The molecule has 25 nitrogen and oxygen atoms in total. The lowest BCUT2D eigenvalue weighted by atomic mass is 9.81. The van der Waals surface area contributed by atoms with E-state index in [9.17, 15) is 63.9 Å². The molecule has 1 saturated heterocycles. The second-order valence-electron chi connectivity index (χ2n) is 20.8. The van der Waals surface area contributed by atoms with Gasteiger partial charge in [-0.2, -0.15) is 0 Å². The number of carbonyl (C=O) groups is 7. The summed E-state index contributed by atoms with van der Waals surface area (Å²) in [6.07, 6.45) is -6.94. The van der Waals surface area contributed by atoms with E-state index in [4.69, 9.17) is 24.9 Å². The van der Waals surface area contributed by atoms with Gasteiger partial charge in [0.15, 0.2) is 5.60 Å². The van der Waals surface area contributed by atoms with Crippen LogP contribution in [-0.4, -0.2) is 171 Å². The number of benzene rings is 2. The van der Waals surface area contributed by atoms with E-state index in [2.05, 4.69) is 31.5 Å². The van der Waals surface area contributed by atoms with Gasteiger partial charge < -0.3 is 76.6 Å². The molecule has 8 rings (SSSR count). The number of nitrogens with two attached hydrogens (primary N) is 1. The summed E-state index contributed by atoms with van der Waals surface area (Å²) < 4.78 is 33.4. The number of cyclic esters (lactones) is 1. The number of hydrogen-bond acceptors (Lipinski definition) is 18. The number of pyridine rings is 2. The number of likely N-dealkylation sites (N-methyl/N-ethyl adjacent to an activating group) is 1. The van der Waals surface area contributed by atoms with Crippen molar-refractivity contribution in [3.63, 3.8) is 0 Å². The lowest BCUT2D eigenvalue weighted by molar-refractivity contribution is -0.227. The van der Waals surface area contributed by atoms with Gasteiger partial charge in [-0.25, -0.2) is 14.2 Å². The molecule has 9 atom stereocenters. The van der Waals surface area contributed by atoms with E-state index < -0.39 is 127 Å². The first-order valence-corrected chi connectivity index (χ1v) is 26.8. The molecule has 1 unspecified atom stereocenters. The number of carbonyl (C=O) groups excluding carboxylic acids is 7. The number of aliphatic hydroxyl groups excluding tert-OH is 4. The average molecular weight is 1130 g/mol. The highest BCUT2D eigenvalue weighted by molar-refractivity contribution is 5.94. The SMILES string of the molecule is CC[C@@]1(O)C(=O)OCc2c1cc1n(c2=O)Cc2c-1nc1cc(F)c(C)c3c1c2[C@@H](N(C)CCOCNC(=O)CNC(=O)[C@H](Cc1ccccc1)NC(=O)CNC(=O)CC(CCC(=O)NC[C@@H]1O[C@H](CO)[C@@H](O)[C@H](O)[C@H]1O)C(N)=O)CC3. The van der Waals surface area contributed by atoms with E-state index in [1.54, 1.807) is 54.8 Å². The van der Waals surface area contributed by atoms with Gasteiger partial charge in [-0.1, -0.05) is 37.3 Å². The van der Waals surface area contributed by atoms with Crippen LogP contribution in [0.5, 0.6) is 0 Å². The molecule has 4 aliphatic rings. The molecular formula is C55H68FN9O16. The first-order chi connectivity index (χ1) is 38.6. The van der Waals surface area contributed by atoms with Crippen LogP contribution in [0.2, 0.25) is 0 Å². The Labute approximate surface area is 463 Å². The van der Waals surface area contributed by atoms with Crippen LogP contribution in [0.15, 0.2) is 47.3 Å². The standard InChI is InChI=1S/C55H68FN9O16/c1-4-55(78)33-18-38-47-31(23-65(38)53(76)32(33)25-80-54(55)77)46-37(12-11-30-27(2)34(56)19-35(63-47)45(30)46)64(3)14-15-79-26-61-43(69)21-60-52(75)36(16-28-8-6-5-7-9-28)62-44(70)22-59-42(68)17-29(51(57)74)10-13-41(67)58-20-39-48(71)50(73)49(72)40(24-66)81-39/h5-9,18-19,29,36-37,39-40,48-50,66,71-73,78H,4,10-17,20-26H2,1-3H3,(H2,57,74)(H,58,67)(H,59,68)(H,60,75)(H,61,69)(H,62,70)/t29?,36-,37-,39-,40+,48-,49+,50+,55-/m0/s1. The molecule has 26 heteroatoms. The number of rotatable bonds is 24. The number of ether oxygens (including phenoxy) is 3. The number of halogens is 1. The molecule has 0 spiro atoms. The Hall–Kier alpha value is -7.30. The van der Waals surface area contributed by atoms with E-state index in [1.807, 2.05) is 7.05 Å². The van der Waals surface area contributed by atoms with Crippen LogP contribution < -0.4 is 37.9 Å². The van der Waals surface area contributed by atoms with Crippen molar-refractivity contribution in [1.82, 2.24) is 41.0 Å². The summed E-state index contributed by atoms with van der Waals surface area (Å²) in [5, 5.41) is 64.3. The van der Waals surface area contributed by atoms with E-state index in [-0.39, 0.29) is 75.9 Å². The normalized spacial score (nSPS) is 22.4. The monoisotopic (exact) mass is 1130 g/mol. The second-order valence-corrected chi connectivity index (χ2v) is 20.8.